The largest absolute Gasteiger partial charge is 1.00 e. The van der Waals surface area contributed by atoms with Crippen LogP contribution in [0, 0.1) is 0 Å². The molecule has 2 rings (SSSR count). The summed E-state index contributed by atoms with van der Waals surface area (Å²) in [5.74, 6) is -0.875. The summed E-state index contributed by atoms with van der Waals surface area (Å²) in [6.07, 6.45) is 0. The van der Waals surface area contributed by atoms with Crippen molar-refractivity contribution in [2.45, 2.75) is 24.5 Å². The van der Waals surface area contributed by atoms with E-state index in [9.17, 15) is 22.6 Å². The topological polar surface area (TPSA) is 132 Å². The number of likely N-dealkylation sites (N-methyl/N-ethyl adjacent to an activating group) is 1. The normalized spacial score (nSPS) is 26.8. The summed E-state index contributed by atoms with van der Waals surface area (Å²) in [5, 5.41) is 7.95. The summed E-state index contributed by atoms with van der Waals surface area (Å²) >= 11 is 1.85. The van der Waals surface area contributed by atoms with Crippen LogP contribution in [-0.2, 0) is 24.2 Å². The summed E-state index contributed by atoms with van der Waals surface area (Å²) in [5.41, 5.74) is -0.769. The third-order valence-corrected chi connectivity index (χ3v) is 5.71. The first-order valence-corrected chi connectivity index (χ1v) is 9.95. The van der Waals surface area contributed by atoms with Crippen molar-refractivity contribution in [2.75, 3.05) is 13.6 Å². The molecule has 138 valence electrons. The van der Waals surface area contributed by atoms with Crippen molar-refractivity contribution in [1.82, 2.24) is 9.80 Å². The molecule has 10 nitrogen and oxygen atoms in total. The minimum atomic E-state index is -5.03. The van der Waals surface area contributed by atoms with E-state index in [-0.39, 0.29) is 45.9 Å². The molecule has 0 spiro atoms. The zero-order valence-electron chi connectivity index (χ0n) is 14.5. The third kappa shape index (κ3) is 5.79. The van der Waals surface area contributed by atoms with Crippen LogP contribution in [0.25, 0.3) is 0 Å². The number of hydrogen-bond acceptors (Lipinski definition) is 10. The molecule has 2 aliphatic heterocycles. The first kappa shape index (κ1) is 23.6. The van der Waals surface area contributed by atoms with Gasteiger partial charge in [0.2, 0.25) is 21.7 Å². The van der Waals surface area contributed by atoms with E-state index in [0.717, 1.165) is 10.5 Å². The molecule has 14 heteroatoms. The predicted molar refractivity (Wildman–Crippen MR) is 93.4 cm³/mol. The van der Waals surface area contributed by atoms with Crippen molar-refractivity contribution in [2.24, 2.45) is 10.2 Å². The fraction of sp³-hybridized carbons (Fsp3) is 0.500. The second kappa shape index (κ2) is 9.19. The van der Waals surface area contributed by atoms with E-state index < -0.39 is 21.7 Å². The van der Waals surface area contributed by atoms with Crippen LogP contribution in [0.2, 0.25) is 0 Å². The molecule has 2 amide bonds. The van der Waals surface area contributed by atoms with Crippen LogP contribution in [-0.4, -0.2) is 69.2 Å². The molecule has 0 aliphatic carbocycles. The van der Waals surface area contributed by atoms with Gasteiger partial charge in [0.25, 0.3) is 5.91 Å². The predicted octanol–water partition coefficient (Wildman–Crippen LogP) is -2.83. The number of carbonyl (C=O) groups is 2. The van der Waals surface area contributed by atoms with Gasteiger partial charge < -0.3 is 4.55 Å². The van der Waals surface area contributed by atoms with Crippen molar-refractivity contribution < 1.29 is 56.3 Å². The average molecular weight is 430 g/mol. The average Bonchev–Trinajstić information content (AvgIpc) is 2.88. The van der Waals surface area contributed by atoms with E-state index in [1.807, 2.05) is 0 Å². The van der Waals surface area contributed by atoms with Crippen LogP contribution in [0.5, 0.6) is 0 Å². The van der Waals surface area contributed by atoms with Crippen molar-refractivity contribution >= 4 is 56.1 Å². The molecule has 2 heterocycles. The minimum absolute atomic E-state index is 0. The fourth-order valence-corrected chi connectivity index (χ4v) is 4.34. The first-order valence-electron chi connectivity index (χ1n) is 6.86. The van der Waals surface area contributed by atoms with Crippen LogP contribution in [0.3, 0.4) is 0 Å². The van der Waals surface area contributed by atoms with Crippen molar-refractivity contribution in [3.63, 3.8) is 0 Å². The van der Waals surface area contributed by atoms with Gasteiger partial charge in [-0.1, -0.05) is 23.9 Å². The molecule has 0 N–H and O–H groups in total. The molecule has 0 aromatic carbocycles. The van der Waals surface area contributed by atoms with Gasteiger partial charge in [-0.3, -0.25) is 23.6 Å². The van der Waals surface area contributed by atoms with Crippen LogP contribution >= 0.6 is 23.5 Å². The van der Waals surface area contributed by atoms with Gasteiger partial charge in [-0.25, -0.2) is 8.42 Å². The number of amidine groups is 2. The van der Waals surface area contributed by atoms with E-state index in [4.69, 9.17) is 0 Å². The molecule has 0 aromatic heterocycles. The van der Waals surface area contributed by atoms with Gasteiger partial charge in [0.1, 0.15) is 0 Å². The monoisotopic (exact) mass is 430 g/mol. The molecular weight excluding hydrogens is 415 g/mol. The minimum Gasteiger partial charge on any atom is -0.725 e. The molecule has 2 fully saturated rings. The van der Waals surface area contributed by atoms with E-state index in [1.165, 1.54) is 23.7 Å². The standard InChI is InChI=1S/C12H16N4O6S3.Na/c1-6(2)5-16-8(17)7(3)23-12(16)14-13-11-15(4)9(18)10(24-11)22-25(19,20)21;/h7,10H,1,5H2,2-4H3,(H,19,20,21);/q;+1/p-1. The van der Waals surface area contributed by atoms with Gasteiger partial charge >= 0.3 is 29.6 Å². The van der Waals surface area contributed by atoms with Crippen molar-refractivity contribution in [3.05, 3.63) is 12.2 Å². The van der Waals surface area contributed by atoms with Crippen LogP contribution in [0.15, 0.2) is 22.4 Å². The Hall–Kier alpha value is -0.410. The van der Waals surface area contributed by atoms with E-state index in [1.54, 1.807) is 13.8 Å². The maximum absolute atomic E-state index is 12.1. The molecule has 0 bridgehead atoms. The quantitative estimate of drug-likeness (QED) is 0.150. The summed E-state index contributed by atoms with van der Waals surface area (Å²) in [6, 6.07) is 0. The molecule has 26 heavy (non-hydrogen) atoms. The Morgan fingerprint density at radius 2 is 1.85 bits per heavy atom. The van der Waals surface area contributed by atoms with Gasteiger partial charge in [0.05, 0.1) is 5.25 Å². The number of thioether (sulfide) groups is 2. The Bertz CT molecular complexity index is 784. The Kier molecular flexibility index (Phi) is 8.35. The Balaban J connectivity index is 0.00000338. The number of rotatable bonds is 5. The van der Waals surface area contributed by atoms with E-state index in [0.29, 0.717) is 23.5 Å². The van der Waals surface area contributed by atoms with E-state index in [2.05, 4.69) is 21.0 Å². The molecule has 0 saturated carbocycles. The van der Waals surface area contributed by atoms with Gasteiger partial charge in [0, 0.05) is 13.6 Å². The molecule has 0 radical (unpaired) electrons. The molecular formula is C12H15N4NaO6S3. The maximum Gasteiger partial charge on any atom is 1.00 e. The first-order chi connectivity index (χ1) is 11.5. The molecule has 2 atom stereocenters. The van der Waals surface area contributed by atoms with Crippen molar-refractivity contribution in [3.8, 4) is 0 Å². The Morgan fingerprint density at radius 1 is 1.27 bits per heavy atom. The van der Waals surface area contributed by atoms with Gasteiger partial charge in [-0.05, 0) is 25.6 Å². The van der Waals surface area contributed by atoms with Crippen LogP contribution in [0.4, 0.5) is 0 Å². The number of carbonyl (C=O) groups excluding carboxylic acids is 2. The zero-order chi connectivity index (χ0) is 18.9. The smallest absolute Gasteiger partial charge is 0.725 e. The van der Waals surface area contributed by atoms with Gasteiger partial charge in [-0.15, -0.1) is 10.2 Å². The molecule has 0 aromatic rings. The fourth-order valence-electron chi connectivity index (χ4n) is 1.90. The van der Waals surface area contributed by atoms with Crippen molar-refractivity contribution in [1.29, 1.82) is 0 Å². The van der Waals surface area contributed by atoms with Crippen LogP contribution < -0.4 is 29.6 Å². The molecule has 2 aliphatic rings. The third-order valence-electron chi connectivity index (χ3n) is 3.01. The van der Waals surface area contributed by atoms with Gasteiger partial charge in [-0.2, -0.15) is 0 Å². The number of nitrogens with zero attached hydrogens (tertiary/aromatic N) is 4. The SMILES string of the molecule is C=C(C)CN1C(=O)C(C)SC1=NN=C1SC(OS(=O)(=O)[O-])C(=O)N1C.[Na+]. The Morgan fingerprint density at radius 3 is 2.38 bits per heavy atom. The number of hydrogen-bond donors (Lipinski definition) is 0. The van der Waals surface area contributed by atoms with Gasteiger partial charge in [0.15, 0.2) is 10.3 Å². The molecule has 2 unspecified atom stereocenters. The second-order valence-corrected chi connectivity index (χ2v) is 8.60. The maximum atomic E-state index is 12.1. The summed E-state index contributed by atoms with van der Waals surface area (Å²) < 4.78 is 36.1. The number of amides is 2. The van der Waals surface area contributed by atoms with E-state index >= 15 is 0 Å². The zero-order valence-corrected chi connectivity index (χ0v) is 19.0. The summed E-state index contributed by atoms with van der Waals surface area (Å²) in [6.45, 7) is 7.56. The summed E-state index contributed by atoms with van der Waals surface area (Å²) in [4.78, 5) is 26.4. The molecule has 2 saturated heterocycles. The second-order valence-electron chi connectivity index (χ2n) is 5.26. The Labute approximate surface area is 181 Å². The van der Waals surface area contributed by atoms with Crippen LogP contribution in [0.1, 0.15) is 13.8 Å². The summed E-state index contributed by atoms with van der Waals surface area (Å²) in [7, 11) is -3.69.